The van der Waals surface area contributed by atoms with Gasteiger partial charge >= 0.3 is 6.18 Å². The first kappa shape index (κ1) is 21.2. The van der Waals surface area contributed by atoms with E-state index >= 15 is 0 Å². The highest BCUT2D eigenvalue weighted by Crippen LogP contribution is 2.34. The van der Waals surface area contributed by atoms with Crippen molar-refractivity contribution in [2.45, 2.75) is 6.18 Å². The highest BCUT2D eigenvalue weighted by molar-refractivity contribution is 7.13. The number of carbonyl (C=O) groups excluding carboxylic acids is 2. The lowest BCUT2D eigenvalue weighted by molar-refractivity contribution is -0.142. The van der Waals surface area contributed by atoms with Gasteiger partial charge in [-0.15, -0.1) is 11.3 Å². The van der Waals surface area contributed by atoms with Crippen molar-refractivity contribution in [3.63, 3.8) is 0 Å². The summed E-state index contributed by atoms with van der Waals surface area (Å²) in [7, 11) is 0. The molecular formula is C21H16F3N5O3S. The fourth-order valence-electron chi connectivity index (χ4n) is 3.71. The van der Waals surface area contributed by atoms with E-state index < -0.39 is 17.8 Å². The first-order valence-corrected chi connectivity index (χ1v) is 10.8. The molecule has 4 aromatic heterocycles. The zero-order chi connectivity index (χ0) is 23.2. The Morgan fingerprint density at radius 3 is 2.36 bits per heavy atom. The van der Waals surface area contributed by atoms with Gasteiger partial charge in [0.2, 0.25) is 0 Å². The normalized spacial score (nSPS) is 14.8. The maximum Gasteiger partial charge on any atom is 0.433 e. The SMILES string of the molecule is O=C(c1ccco1)N1CCN(C(=O)c2cnn3c(C(F)(F)F)cc(-c4cccs4)nc23)CC1. The van der Waals surface area contributed by atoms with Gasteiger partial charge < -0.3 is 14.2 Å². The summed E-state index contributed by atoms with van der Waals surface area (Å²) < 4.78 is 46.9. The molecule has 5 rings (SSSR count). The van der Waals surface area contributed by atoms with Crippen LogP contribution in [0, 0.1) is 0 Å². The molecule has 0 atom stereocenters. The molecule has 0 N–H and O–H groups in total. The molecule has 5 heterocycles. The van der Waals surface area contributed by atoms with Crippen LogP contribution in [0.2, 0.25) is 0 Å². The van der Waals surface area contributed by atoms with Crippen molar-refractivity contribution in [2.75, 3.05) is 26.2 Å². The van der Waals surface area contributed by atoms with E-state index in [9.17, 15) is 22.8 Å². The Kier molecular flexibility index (Phi) is 5.16. The number of carbonyl (C=O) groups is 2. The van der Waals surface area contributed by atoms with E-state index in [4.69, 9.17) is 4.42 Å². The summed E-state index contributed by atoms with van der Waals surface area (Å²) in [6.07, 6.45) is -2.17. The fourth-order valence-corrected chi connectivity index (χ4v) is 4.39. The highest BCUT2D eigenvalue weighted by Gasteiger charge is 2.37. The molecule has 12 heteroatoms. The third-order valence-corrected chi connectivity index (χ3v) is 6.24. The molecule has 0 radical (unpaired) electrons. The van der Waals surface area contributed by atoms with Crippen molar-refractivity contribution >= 4 is 28.8 Å². The molecule has 4 aromatic rings. The number of hydrogen-bond donors (Lipinski definition) is 0. The number of fused-ring (bicyclic) bond motifs is 1. The number of aromatic nitrogens is 3. The van der Waals surface area contributed by atoms with Crippen molar-refractivity contribution in [1.82, 2.24) is 24.4 Å². The topological polar surface area (TPSA) is 84.0 Å². The lowest BCUT2D eigenvalue weighted by Crippen LogP contribution is -2.50. The Labute approximate surface area is 188 Å². The molecule has 0 saturated carbocycles. The third kappa shape index (κ3) is 3.86. The maximum absolute atomic E-state index is 13.7. The second-order valence-electron chi connectivity index (χ2n) is 7.36. The van der Waals surface area contributed by atoms with Gasteiger partial charge in [-0.1, -0.05) is 6.07 Å². The van der Waals surface area contributed by atoms with Crippen LogP contribution < -0.4 is 0 Å². The summed E-state index contributed by atoms with van der Waals surface area (Å²) in [6.45, 7) is 0.983. The van der Waals surface area contributed by atoms with Crippen LogP contribution in [0.3, 0.4) is 0 Å². The fraction of sp³-hybridized carbons (Fsp3) is 0.238. The maximum atomic E-state index is 13.7. The van der Waals surface area contributed by atoms with Crippen LogP contribution in [0.4, 0.5) is 13.2 Å². The van der Waals surface area contributed by atoms with Crippen LogP contribution in [0.15, 0.2) is 52.6 Å². The molecule has 1 aliphatic rings. The minimum Gasteiger partial charge on any atom is -0.459 e. The van der Waals surface area contributed by atoms with E-state index in [2.05, 4.69) is 10.1 Å². The van der Waals surface area contributed by atoms with Crippen LogP contribution in [-0.2, 0) is 6.18 Å². The smallest absolute Gasteiger partial charge is 0.433 e. The lowest BCUT2D eigenvalue weighted by atomic mass is 10.2. The van der Waals surface area contributed by atoms with Gasteiger partial charge in [0.15, 0.2) is 17.1 Å². The third-order valence-electron chi connectivity index (χ3n) is 5.35. The number of alkyl halides is 3. The van der Waals surface area contributed by atoms with Gasteiger partial charge in [-0.25, -0.2) is 9.50 Å². The van der Waals surface area contributed by atoms with E-state index in [1.54, 1.807) is 34.5 Å². The average Bonchev–Trinajstić information content (AvgIpc) is 3.58. The first-order valence-electron chi connectivity index (χ1n) is 9.95. The van der Waals surface area contributed by atoms with Gasteiger partial charge in [0.1, 0.15) is 5.56 Å². The molecule has 0 unspecified atom stereocenters. The summed E-state index contributed by atoms with van der Waals surface area (Å²) >= 11 is 1.25. The van der Waals surface area contributed by atoms with E-state index in [1.165, 1.54) is 22.5 Å². The molecule has 1 aliphatic heterocycles. The molecule has 0 aliphatic carbocycles. The number of piperazine rings is 1. The van der Waals surface area contributed by atoms with Crippen LogP contribution in [-0.4, -0.2) is 62.4 Å². The number of nitrogens with zero attached hydrogens (tertiary/aromatic N) is 5. The van der Waals surface area contributed by atoms with Crippen LogP contribution >= 0.6 is 11.3 Å². The van der Waals surface area contributed by atoms with E-state index in [1.807, 2.05) is 0 Å². The number of hydrogen-bond acceptors (Lipinski definition) is 6. The second kappa shape index (κ2) is 8.03. The zero-order valence-corrected chi connectivity index (χ0v) is 17.8. The Bertz CT molecular complexity index is 1310. The van der Waals surface area contributed by atoms with Crippen molar-refractivity contribution in [3.8, 4) is 10.6 Å². The summed E-state index contributed by atoms with van der Waals surface area (Å²) in [5, 5.41) is 5.55. The van der Waals surface area contributed by atoms with Crippen molar-refractivity contribution in [1.29, 1.82) is 0 Å². The number of rotatable bonds is 3. The minimum atomic E-state index is -4.68. The molecule has 170 valence electrons. The molecule has 0 bridgehead atoms. The first-order chi connectivity index (χ1) is 15.8. The molecule has 0 aromatic carbocycles. The predicted molar refractivity (Wildman–Crippen MR) is 112 cm³/mol. The average molecular weight is 475 g/mol. The Morgan fingerprint density at radius 1 is 1.03 bits per heavy atom. The molecular weight excluding hydrogens is 459 g/mol. The second-order valence-corrected chi connectivity index (χ2v) is 8.30. The summed E-state index contributed by atoms with van der Waals surface area (Å²) in [6, 6.07) is 7.49. The molecule has 2 amide bonds. The van der Waals surface area contributed by atoms with Crippen molar-refractivity contribution in [2.24, 2.45) is 0 Å². The van der Waals surface area contributed by atoms with E-state index in [0.717, 1.165) is 12.3 Å². The zero-order valence-electron chi connectivity index (χ0n) is 17.0. The van der Waals surface area contributed by atoms with Crippen LogP contribution in [0.25, 0.3) is 16.2 Å². The highest BCUT2D eigenvalue weighted by atomic mass is 32.1. The summed E-state index contributed by atoms with van der Waals surface area (Å²) in [4.78, 5) is 33.5. The molecule has 8 nitrogen and oxygen atoms in total. The standard InChI is InChI=1S/C21H16F3N5O3S/c22-21(23,24)17-11-14(16-4-2-10-33-16)26-18-13(12-25-29(17)18)19(30)27-5-7-28(8-6-27)20(31)15-3-1-9-32-15/h1-4,9-12H,5-8H2. The number of amides is 2. The van der Waals surface area contributed by atoms with Gasteiger partial charge in [-0.05, 0) is 29.6 Å². The van der Waals surface area contributed by atoms with Crippen molar-refractivity contribution < 1.29 is 27.2 Å². The van der Waals surface area contributed by atoms with E-state index in [-0.39, 0.29) is 54.8 Å². The largest absolute Gasteiger partial charge is 0.459 e. The Hall–Kier alpha value is -3.67. The molecule has 33 heavy (non-hydrogen) atoms. The van der Waals surface area contributed by atoms with Crippen molar-refractivity contribution in [3.05, 3.63) is 65.2 Å². The summed E-state index contributed by atoms with van der Waals surface area (Å²) in [5.74, 6) is -0.554. The van der Waals surface area contributed by atoms with E-state index in [0.29, 0.717) is 9.39 Å². The Balaban J connectivity index is 1.43. The molecule has 0 spiro atoms. The number of halogens is 3. The lowest BCUT2D eigenvalue weighted by Gasteiger charge is -2.34. The molecule has 1 fully saturated rings. The quantitative estimate of drug-likeness (QED) is 0.452. The Morgan fingerprint density at radius 2 is 1.76 bits per heavy atom. The van der Waals surface area contributed by atoms with Crippen LogP contribution in [0.1, 0.15) is 26.6 Å². The van der Waals surface area contributed by atoms with Gasteiger partial charge in [0.25, 0.3) is 11.8 Å². The van der Waals surface area contributed by atoms with Gasteiger partial charge in [-0.3, -0.25) is 9.59 Å². The summed E-state index contributed by atoms with van der Waals surface area (Å²) in [5.41, 5.74) is -1.07. The minimum absolute atomic E-state index is 0.0234. The number of furan rings is 1. The predicted octanol–water partition coefficient (Wildman–Crippen LogP) is 3.67. The van der Waals surface area contributed by atoms with Gasteiger partial charge in [0, 0.05) is 26.2 Å². The number of thiophene rings is 1. The van der Waals surface area contributed by atoms with Crippen LogP contribution in [0.5, 0.6) is 0 Å². The monoisotopic (exact) mass is 475 g/mol. The van der Waals surface area contributed by atoms with Gasteiger partial charge in [0.05, 0.1) is 23.0 Å². The molecule has 1 saturated heterocycles. The van der Waals surface area contributed by atoms with Gasteiger partial charge in [-0.2, -0.15) is 18.3 Å².